The van der Waals surface area contributed by atoms with Gasteiger partial charge in [0.25, 0.3) is 0 Å². The third kappa shape index (κ3) is 19.1. The number of nitrogens with two attached hydrogens (primary N) is 2. The molecule has 0 saturated heterocycles. The van der Waals surface area contributed by atoms with Crippen LogP contribution in [0.3, 0.4) is 0 Å². The summed E-state index contributed by atoms with van der Waals surface area (Å²) in [6.07, 6.45) is 4.29. The first-order valence-electron chi connectivity index (χ1n) is 21.4. The van der Waals surface area contributed by atoms with Crippen molar-refractivity contribution in [2.24, 2.45) is 11.5 Å². The fourth-order valence-corrected chi connectivity index (χ4v) is 19.0. The standard InChI is InChI=1S/2C21H23NP.2C2F6NO4S2.BrH.Li/c2*22-17-10-18-23(19-11-4-1-5-12-19,20-13-6-2-7-14-20)21-15-8-3-9-16-21;2*3-1(4,5)14(10,11)9-15(12,13)2(6,7)8;;/h2*1-9,11-16H,10,17-18,22H2;;;1H;/q2*+1;2*-1;;+1/p-1. The van der Waals surface area contributed by atoms with E-state index in [9.17, 15) is 86.4 Å². The van der Waals surface area contributed by atoms with Crippen LogP contribution < -0.4 is 79.1 Å². The normalized spacial score (nSPS) is 12.6. The molecule has 0 heterocycles. The Kier molecular flexibility index (Phi) is 27.9. The summed E-state index contributed by atoms with van der Waals surface area (Å²) in [5.74, 6) is 0. The van der Waals surface area contributed by atoms with Crippen molar-refractivity contribution in [1.82, 2.24) is 0 Å². The summed E-state index contributed by atoms with van der Waals surface area (Å²) in [5.41, 5.74) is -13.0. The number of benzene rings is 6. The van der Waals surface area contributed by atoms with E-state index < -0.39 is 76.7 Å². The zero-order valence-electron chi connectivity index (χ0n) is 40.3. The average molecular weight is 1290 g/mol. The number of alkyl halides is 12. The summed E-state index contributed by atoms with van der Waals surface area (Å²) < 4.78 is 218. The Morgan fingerprint density at radius 1 is 0.321 bits per heavy atom. The van der Waals surface area contributed by atoms with Gasteiger partial charge in [-0.2, -0.15) is 52.7 Å². The number of halogens is 13. The molecule has 12 nitrogen and oxygen atoms in total. The minimum absolute atomic E-state index is 0. The third-order valence-corrected chi connectivity index (χ3v) is 24.7. The Balaban J connectivity index is 0.000000528. The van der Waals surface area contributed by atoms with E-state index in [1.807, 2.05) is 0 Å². The van der Waals surface area contributed by atoms with Gasteiger partial charge in [0.05, 0.1) is 12.3 Å². The van der Waals surface area contributed by atoms with Gasteiger partial charge in [-0.15, -0.1) is 0 Å². The molecule has 0 saturated carbocycles. The summed E-state index contributed by atoms with van der Waals surface area (Å²) >= 11 is 0. The van der Waals surface area contributed by atoms with Gasteiger partial charge in [-0.25, -0.2) is 33.7 Å². The van der Waals surface area contributed by atoms with Gasteiger partial charge < -0.3 is 36.7 Å². The van der Waals surface area contributed by atoms with Gasteiger partial charge in [0.2, 0.25) is 0 Å². The number of hydrogen-bond donors (Lipinski definition) is 2. The molecule has 0 aromatic heterocycles. The first-order valence-corrected chi connectivity index (χ1v) is 31.1. The maximum Gasteiger partial charge on any atom is 1.00 e. The van der Waals surface area contributed by atoms with Crippen LogP contribution in [0.1, 0.15) is 12.8 Å². The van der Waals surface area contributed by atoms with E-state index in [4.69, 9.17) is 11.5 Å². The molecule has 424 valence electrons. The average Bonchev–Trinajstić information content (AvgIpc) is 3.35. The molecule has 32 heteroatoms. The summed E-state index contributed by atoms with van der Waals surface area (Å²) in [6, 6.07) is 65.8. The molecule has 0 amide bonds. The number of sulfonamides is 4. The van der Waals surface area contributed by atoms with Gasteiger partial charge in [0.1, 0.15) is 46.4 Å². The molecule has 0 fully saturated rings. The fraction of sp³-hybridized carbons (Fsp3) is 0.217. The molecule has 0 atom stereocenters. The molecule has 0 radical (unpaired) electrons. The molecule has 6 aromatic rings. The monoisotopic (exact) mass is 1290 g/mol. The van der Waals surface area contributed by atoms with Gasteiger partial charge >= 0.3 is 40.9 Å². The molecule has 6 aromatic carbocycles. The molecule has 0 aliphatic carbocycles. The fourth-order valence-electron chi connectivity index (χ4n) is 6.85. The molecule has 6 rings (SSSR count). The smallest absolute Gasteiger partial charge is 1.00 e. The second-order valence-electron chi connectivity index (χ2n) is 15.2. The summed E-state index contributed by atoms with van der Waals surface area (Å²) in [7, 11) is -30.2. The van der Waals surface area contributed by atoms with Crippen molar-refractivity contribution in [3.05, 3.63) is 190 Å². The molecule has 0 bridgehead atoms. The Bertz CT molecular complexity index is 2700. The van der Waals surface area contributed by atoms with Crippen LogP contribution in [0.4, 0.5) is 52.7 Å². The molecule has 0 spiro atoms. The Hall–Kier alpha value is -3.94. The van der Waals surface area contributed by atoms with Gasteiger partial charge in [-0.1, -0.05) is 109 Å². The Labute approximate surface area is 467 Å². The summed E-state index contributed by atoms with van der Waals surface area (Å²) in [6.45, 7) is 1.46. The Morgan fingerprint density at radius 3 is 0.577 bits per heavy atom. The van der Waals surface area contributed by atoms with Crippen LogP contribution in [0.2, 0.25) is 0 Å². The number of rotatable bonds is 16. The van der Waals surface area contributed by atoms with E-state index in [-0.39, 0.29) is 35.8 Å². The minimum atomic E-state index is -6.72. The molecule has 0 aliphatic heterocycles. The molecule has 0 unspecified atom stereocenters. The van der Waals surface area contributed by atoms with Crippen molar-refractivity contribution < 1.29 is 122 Å². The van der Waals surface area contributed by atoms with Crippen LogP contribution in [0.25, 0.3) is 8.25 Å². The van der Waals surface area contributed by atoms with E-state index in [0.29, 0.717) is 0 Å². The van der Waals surface area contributed by atoms with E-state index >= 15 is 0 Å². The van der Waals surface area contributed by atoms with Gasteiger partial charge in [-0.05, 0) is 98.7 Å². The van der Waals surface area contributed by atoms with Crippen molar-refractivity contribution in [3.8, 4) is 0 Å². The SMILES string of the molecule is NCCC[P+](c1ccccc1)(c1ccccc1)c1ccccc1.NCCC[P+](c1ccccc1)(c1ccccc1)c1ccccc1.O=S(=O)([N-]S(=O)(=O)C(F)(F)F)C(F)(F)F.O=S(=O)([N-]S(=O)(=O)C(F)(F)F)C(F)(F)F.[Br-].[Li+]. The number of nitrogens with zero attached hydrogens (tertiary/aromatic N) is 2. The van der Waals surface area contributed by atoms with Crippen LogP contribution in [0, 0.1) is 0 Å². The maximum atomic E-state index is 11.4. The molecule has 0 aliphatic rings. The topological polar surface area (TPSA) is 217 Å². The molecule has 4 N–H and O–H groups in total. The van der Waals surface area contributed by atoms with Crippen molar-refractivity contribution in [1.29, 1.82) is 0 Å². The van der Waals surface area contributed by atoms with Crippen molar-refractivity contribution >= 4 is 86.4 Å². The zero-order chi connectivity index (χ0) is 57.3. The quantitative estimate of drug-likeness (QED) is 0.0821. The van der Waals surface area contributed by atoms with Crippen LogP contribution in [-0.2, 0) is 40.1 Å². The number of hydrogen-bond acceptors (Lipinski definition) is 10. The maximum absolute atomic E-state index is 11.4. The summed E-state index contributed by atoms with van der Waals surface area (Å²) in [4.78, 5) is 0. The second kappa shape index (κ2) is 30.2. The zero-order valence-corrected chi connectivity index (χ0v) is 47.0. The van der Waals surface area contributed by atoms with Gasteiger partial charge in [-0.3, -0.25) is 0 Å². The predicted molar refractivity (Wildman–Crippen MR) is 274 cm³/mol. The van der Waals surface area contributed by atoms with E-state index in [2.05, 4.69) is 182 Å². The van der Waals surface area contributed by atoms with Crippen molar-refractivity contribution in [2.75, 3.05) is 25.4 Å². The van der Waals surface area contributed by atoms with E-state index in [0.717, 1.165) is 46.5 Å². The van der Waals surface area contributed by atoms with Crippen LogP contribution in [0.5, 0.6) is 0 Å². The van der Waals surface area contributed by atoms with Crippen LogP contribution >= 0.6 is 14.5 Å². The second-order valence-corrected chi connectivity index (χ2v) is 29.3. The van der Waals surface area contributed by atoms with E-state index in [1.165, 1.54) is 31.8 Å². The van der Waals surface area contributed by atoms with Crippen molar-refractivity contribution in [2.45, 2.75) is 34.9 Å². The molecular formula is C46H46BrF12LiN4O8P2S4. The minimum Gasteiger partial charge on any atom is -1.00 e. The van der Waals surface area contributed by atoms with Crippen molar-refractivity contribution in [3.63, 3.8) is 0 Å². The van der Waals surface area contributed by atoms with Gasteiger partial charge in [0.15, 0.2) is 40.1 Å². The van der Waals surface area contributed by atoms with Crippen LogP contribution in [-0.4, -0.2) is 81.1 Å². The molecular weight excluding hydrogens is 1240 g/mol. The first kappa shape index (κ1) is 72.1. The van der Waals surface area contributed by atoms with Gasteiger partial charge in [0, 0.05) is 0 Å². The molecule has 78 heavy (non-hydrogen) atoms. The third-order valence-electron chi connectivity index (χ3n) is 10.1. The predicted octanol–water partition coefficient (Wildman–Crippen LogP) is 2.79. The largest absolute Gasteiger partial charge is 1.00 e. The van der Waals surface area contributed by atoms with E-state index in [1.54, 1.807) is 0 Å². The summed E-state index contributed by atoms with van der Waals surface area (Å²) in [5, 5.41) is 8.62. The van der Waals surface area contributed by atoms with Crippen LogP contribution in [0.15, 0.2) is 182 Å². The Morgan fingerprint density at radius 2 is 0.462 bits per heavy atom. The first-order chi connectivity index (χ1) is 35.2.